The number of aromatic nitrogens is 4. The average Bonchev–Trinajstić information content (AvgIpc) is 4.47. The number of aryl methyl sites for hydroxylation is 2. The van der Waals surface area contributed by atoms with Crippen LogP contribution in [0.15, 0.2) is 60.7 Å². The second-order valence-electron chi connectivity index (χ2n) is 22.0. The van der Waals surface area contributed by atoms with Crippen LogP contribution in [-0.4, -0.2) is 19.9 Å². The van der Waals surface area contributed by atoms with Crippen molar-refractivity contribution < 1.29 is 0 Å². The first-order valence-electron chi connectivity index (χ1n) is 29.8. The van der Waals surface area contributed by atoms with Crippen LogP contribution in [0.25, 0.3) is 80.4 Å². The van der Waals surface area contributed by atoms with E-state index in [9.17, 15) is 0 Å². The Morgan fingerprint density at radius 1 is 0.350 bits per heavy atom. The fourth-order valence-corrected chi connectivity index (χ4v) is 19.9. The molecular weight excluding hydrogens is 1130 g/mol. The van der Waals surface area contributed by atoms with E-state index in [1.54, 1.807) is 0 Å². The molecule has 8 heterocycles. The Hall–Kier alpha value is -3.20. The Labute approximate surface area is 514 Å². The zero-order valence-corrected chi connectivity index (χ0v) is 54.8. The zero-order chi connectivity index (χ0) is 54.7. The van der Waals surface area contributed by atoms with Crippen molar-refractivity contribution in [3.05, 3.63) is 91.3 Å². The Morgan fingerprint density at radius 3 is 0.887 bits per heavy atom. The number of hydrogen-bond acceptors (Lipinski definition) is 12. The topological polar surface area (TPSA) is 51.6 Å². The molecule has 0 fully saturated rings. The van der Waals surface area contributed by atoms with E-state index in [1.807, 2.05) is 90.7 Å². The van der Waals surface area contributed by atoms with Gasteiger partial charge in [0.2, 0.25) is 0 Å². The maximum atomic E-state index is 5.22. The van der Waals surface area contributed by atoms with Crippen LogP contribution in [0.2, 0.25) is 0 Å². The van der Waals surface area contributed by atoms with Crippen LogP contribution < -0.4 is 0 Å². The van der Waals surface area contributed by atoms with E-state index in [-0.39, 0.29) is 14.9 Å². The average molecular weight is 1220 g/mol. The lowest BCUT2D eigenvalue weighted by molar-refractivity contribution is 0.452. The summed E-state index contributed by atoms with van der Waals surface area (Å²) in [6.07, 6.45) is 25.8. The third-order valence-corrected chi connectivity index (χ3v) is 25.7. The molecule has 432 valence electrons. The molecule has 0 bridgehead atoms. The number of rotatable bonds is 28. The molecule has 0 spiro atoms. The number of fused-ring (bicyclic) bond motifs is 4. The van der Waals surface area contributed by atoms with Crippen LogP contribution >= 0.6 is 90.7 Å². The minimum absolute atomic E-state index is 0. The molecule has 0 aliphatic carbocycles. The van der Waals surface area contributed by atoms with Crippen LogP contribution in [0.5, 0.6) is 0 Å². The van der Waals surface area contributed by atoms with Gasteiger partial charge >= 0.3 is 0 Å². The second kappa shape index (κ2) is 31.1. The minimum Gasteiger partial charge on any atom is -0.235 e. The third kappa shape index (κ3) is 15.8. The van der Waals surface area contributed by atoms with Gasteiger partial charge in [0, 0.05) is 19.5 Å². The Morgan fingerprint density at radius 2 is 0.625 bits per heavy atom. The maximum Gasteiger partial charge on any atom is 0.134 e. The van der Waals surface area contributed by atoms with Crippen molar-refractivity contribution >= 4 is 132 Å². The molecule has 8 aromatic heterocycles. The summed E-state index contributed by atoms with van der Waals surface area (Å²) in [6.45, 7) is 23.0. The highest BCUT2D eigenvalue weighted by Gasteiger charge is 2.22. The maximum absolute atomic E-state index is 5.22. The molecule has 12 heteroatoms. The molecule has 10 aromatic rings. The lowest BCUT2D eigenvalue weighted by Gasteiger charge is -2.12. The van der Waals surface area contributed by atoms with Gasteiger partial charge in [-0.15, -0.1) is 90.7 Å². The molecule has 0 radical (unpaired) electrons. The summed E-state index contributed by atoms with van der Waals surface area (Å²) in [6, 6.07) is 23.0. The number of unbranched alkanes of at least 4 members (excludes halogenated alkanes) is 4. The predicted molar refractivity (Wildman–Crippen MR) is 370 cm³/mol. The molecule has 0 aliphatic rings. The second-order valence-corrected chi connectivity index (χ2v) is 30.7. The van der Waals surface area contributed by atoms with Gasteiger partial charge in [-0.2, -0.15) is 0 Å². The molecule has 0 aliphatic heterocycles. The van der Waals surface area contributed by atoms with Crippen LogP contribution in [0.3, 0.4) is 0 Å². The van der Waals surface area contributed by atoms with Crippen LogP contribution in [0.4, 0.5) is 0 Å². The molecule has 4 unspecified atom stereocenters. The van der Waals surface area contributed by atoms with E-state index in [0.717, 1.165) is 65.8 Å². The number of thiazole rings is 4. The van der Waals surface area contributed by atoms with Gasteiger partial charge in [-0.3, -0.25) is 0 Å². The molecule has 0 amide bonds. The lowest BCUT2D eigenvalue weighted by Crippen LogP contribution is -2.01. The highest BCUT2D eigenvalue weighted by Crippen LogP contribution is 2.46. The summed E-state index contributed by atoms with van der Waals surface area (Å²) in [5.41, 5.74) is 7.10. The van der Waals surface area contributed by atoms with E-state index in [1.165, 1.54) is 197 Å². The summed E-state index contributed by atoms with van der Waals surface area (Å²) >= 11 is 15.1. The van der Waals surface area contributed by atoms with Crippen LogP contribution in [0, 0.1) is 37.5 Å². The predicted octanol–water partition coefficient (Wildman–Crippen LogP) is 25.7. The summed E-state index contributed by atoms with van der Waals surface area (Å²) in [7, 11) is 0. The molecule has 10 rings (SSSR count). The molecular formula is C68H92N4S8. The fourth-order valence-electron chi connectivity index (χ4n) is 11.0. The van der Waals surface area contributed by atoms with Crippen molar-refractivity contribution in [2.45, 2.75) is 213 Å². The van der Waals surface area contributed by atoms with Gasteiger partial charge in [0.1, 0.15) is 20.0 Å². The quantitative estimate of drug-likeness (QED) is 0.0490. The van der Waals surface area contributed by atoms with Crippen molar-refractivity contribution in [2.24, 2.45) is 23.7 Å². The number of benzene rings is 2. The summed E-state index contributed by atoms with van der Waals surface area (Å²) in [5.74, 6) is 3.20. The first-order chi connectivity index (χ1) is 38.0. The lowest BCUT2D eigenvalue weighted by atomic mass is 9.95. The minimum atomic E-state index is 0. The summed E-state index contributed by atoms with van der Waals surface area (Å²) in [5, 5.41) is 4.61. The first kappa shape index (κ1) is 64.4. The highest BCUT2D eigenvalue weighted by molar-refractivity contribution is 7.28. The molecule has 0 saturated carbocycles. The zero-order valence-electron chi connectivity index (χ0n) is 48.3. The Bertz CT molecular complexity index is 3130. The van der Waals surface area contributed by atoms with Crippen molar-refractivity contribution in [3.8, 4) is 39.5 Å². The van der Waals surface area contributed by atoms with Crippen molar-refractivity contribution in [1.82, 2.24) is 19.9 Å². The summed E-state index contributed by atoms with van der Waals surface area (Å²) < 4.78 is 5.08. The smallest absolute Gasteiger partial charge is 0.134 e. The molecule has 0 N–H and O–H groups in total. The van der Waals surface area contributed by atoms with E-state index in [4.69, 9.17) is 19.9 Å². The van der Waals surface area contributed by atoms with Crippen LogP contribution in [0.1, 0.15) is 204 Å². The summed E-state index contributed by atoms with van der Waals surface area (Å²) in [4.78, 5) is 31.8. The first-order valence-corrected chi connectivity index (χ1v) is 36.4. The highest BCUT2D eigenvalue weighted by atomic mass is 32.1. The molecule has 4 atom stereocenters. The van der Waals surface area contributed by atoms with Gasteiger partial charge in [-0.25, -0.2) is 19.9 Å². The largest absolute Gasteiger partial charge is 0.235 e. The van der Waals surface area contributed by atoms with Gasteiger partial charge in [0.25, 0.3) is 0 Å². The number of nitrogens with zero attached hydrogens (tertiary/aromatic N) is 4. The van der Waals surface area contributed by atoms with Crippen LogP contribution in [-0.2, 0) is 25.7 Å². The molecule has 4 nitrogen and oxygen atoms in total. The van der Waals surface area contributed by atoms with Gasteiger partial charge in [-0.1, -0.05) is 173 Å². The SMILES string of the molecule is C.C.CCCCC(CC)Cc1ccc(-c2nc3c(C)c4sc(-c5ccc(CC(CC)CCCC)s5)nc4c(C)c3s2)s1.CCCCC(CC)Cc1ccc(-c2nc3cc4sc(-c5ccc(CC(CC)CCCC)s5)nc4cc3s2)s1. The van der Waals surface area contributed by atoms with E-state index in [2.05, 4.69) is 130 Å². The van der Waals surface area contributed by atoms with Crippen molar-refractivity contribution in [1.29, 1.82) is 0 Å². The van der Waals surface area contributed by atoms with E-state index in [0.29, 0.717) is 0 Å². The van der Waals surface area contributed by atoms with Gasteiger partial charge in [-0.05, 0) is 135 Å². The number of hydrogen-bond donors (Lipinski definition) is 0. The molecule has 2 aromatic carbocycles. The molecule has 80 heavy (non-hydrogen) atoms. The fraction of sp³-hybridized carbons (Fsp3) is 0.529. The standard InChI is InChI=1S/C34H44N2S4.C32H40N2S4.2CH4/c1-7-11-13-23(9-3)19-25-15-17-27(37-25)33-35-29-21(5)32-30(22(6)31(29)39-33)36-34(40-32)28-18-16-26(38-28)20-24(10-4)14-12-8-2;1-5-9-11-21(7-3)17-23-13-15-27(35-23)31-33-25-19-30-26(20-29(25)37-31)34-32(38-30)28-16-14-24(36-28)18-22(8-4)12-10-6-2;;/h15-18,23-24H,7-14,19-20H2,1-6H3;13-16,19-22H,5-12,17-18H2,1-4H3;2*1H4. The Balaban J connectivity index is 0.000000226. The van der Waals surface area contributed by atoms with E-state index < -0.39 is 0 Å². The van der Waals surface area contributed by atoms with E-state index >= 15 is 0 Å². The van der Waals surface area contributed by atoms with Gasteiger partial charge < -0.3 is 0 Å². The Kier molecular flexibility index (Phi) is 25.0. The number of thiophene rings is 4. The normalized spacial score (nSPS) is 13.2. The third-order valence-electron chi connectivity index (χ3n) is 16.2. The monoisotopic (exact) mass is 1220 g/mol. The molecule has 0 saturated heterocycles. The van der Waals surface area contributed by atoms with Gasteiger partial charge in [0.15, 0.2) is 0 Å². The van der Waals surface area contributed by atoms with Crippen molar-refractivity contribution in [2.75, 3.05) is 0 Å². The van der Waals surface area contributed by atoms with Gasteiger partial charge in [0.05, 0.1) is 60.4 Å². The van der Waals surface area contributed by atoms with Crippen molar-refractivity contribution in [3.63, 3.8) is 0 Å².